The first-order chi connectivity index (χ1) is 9.16. The van der Waals surface area contributed by atoms with Crippen LogP contribution in [0, 0.1) is 0 Å². The smallest absolute Gasteiger partial charge is 0.220 e. The lowest BCUT2D eigenvalue weighted by atomic mass is 9.97. The Balaban J connectivity index is 1.75. The quantitative estimate of drug-likeness (QED) is 0.765. The molecule has 104 valence electrons. The Kier molecular flexibility index (Phi) is 4.80. The lowest BCUT2D eigenvalue weighted by Crippen LogP contribution is -2.28. The second-order valence-electron chi connectivity index (χ2n) is 5.38. The normalized spacial score (nSPS) is 17.1. The second kappa shape index (κ2) is 6.57. The van der Waals surface area contributed by atoms with Crippen LogP contribution in [0.15, 0.2) is 24.3 Å². The van der Waals surface area contributed by atoms with Crippen LogP contribution in [-0.2, 0) is 4.79 Å². The summed E-state index contributed by atoms with van der Waals surface area (Å²) in [7, 11) is 4.09. The van der Waals surface area contributed by atoms with E-state index in [1.807, 2.05) is 26.2 Å². The van der Waals surface area contributed by atoms with E-state index in [9.17, 15) is 4.79 Å². The molecule has 1 aromatic rings. The molecule has 4 nitrogen and oxygen atoms in total. The first-order valence-corrected chi connectivity index (χ1v) is 6.91. The van der Waals surface area contributed by atoms with Gasteiger partial charge in [0, 0.05) is 31.1 Å². The molecule has 0 spiro atoms. The molecule has 0 saturated heterocycles. The number of anilines is 1. The van der Waals surface area contributed by atoms with E-state index in [4.69, 9.17) is 0 Å². The minimum atomic E-state index is 0.155. The molecule has 0 aliphatic carbocycles. The van der Waals surface area contributed by atoms with Crippen molar-refractivity contribution in [3.05, 3.63) is 29.8 Å². The number of rotatable bonds is 6. The van der Waals surface area contributed by atoms with Gasteiger partial charge in [0.2, 0.25) is 5.91 Å². The van der Waals surface area contributed by atoms with Crippen LogP contribution in [0.1, 0.15) is 24.3 Å². The van der Waals surface area contributed by atoms with Gasteiger partial charge in [0.1, 0.15) is 0 Å². The van der Waals surface area contributed by atoms with Gasteiger partial charge in [-0.2, -0.15) is 0 Å². The molecular weight excluding hydrogens is 238 g/mol. The van der Waals surface area contributed by atoms with E-state index in [1.54, 1.807) is 0 Å². The minimum absolute atomic E-state index is 0.155. The molecule has 1 unspecified atom stereocenters. The predicted molar refractivity (Wildman–Crippen MR) is 78.5 cm³/mol. The molecule has 1 aromatic carbocycles. The van der Waals surface area contributed by atoms with Gasteiger partial charge in [-0.3, -0.25) is 4.79 Å². The Hall–Kier alpha value is -1.55. The SMILES string of the molecule is CN(C)CCCNC(=O)CC1CNc2ccccc21. The molecule has 0 aromatic heterocycles. The third-order valence-corrected chi connectivity index (χ3v) is 3.48. The lowest BCUT2D eigenvalue weighted by molar-refractivity contribution is -0.121. The van der Waals surface area contributed by atoms with Crippen LogP contribution < -0.4 is 10.6 Å². The molecular formula is C15H23N3O. The van der Waals surface area contributed by atoms with Gasteiger partial charge in [-0.15, -0.1) is 0 Å². The van der Waals surface area contributed by atoms with Crippen molar-refractivity contribution in [2.45, 2.75) is 18.8 Å². The Morgan fingerprint density at radius 2 is 2.21 bits per heavy atom. The number of carbonyl (C=O) groups excluding carboxylic acids is 1. The van der Waals surface area contributed by atoms with E-state index in [0.717, 1.165) is 26.1 Å². The topological polar surface area (TPSA) is 44.4 Å². The fourth-order valence-electron chi connectivity index (χ4n) is 2.46. The molecule has 1 aliphatic heterocycles. The fourth-order valence-corrected chi connectivity index (χ4v) is 2.46. The summed E-state index contributed by atoms with van der Waals surface area (Å²) in [6.07, 6.45) is 1.57. The third kappa shape index (κ3) is 3.96. The zero-order chi connectivity index (χ0) is 13.7. The van der Waals surface area contributed by atoms with Crippen LogP contribution in [0.5, 0.6) is 0 Å². The maximum Gasteiger partial charge on any atom is 0.220 e. The number of nitrogens with zero attached hydrogens (tertiary/aromatic N) is 1. The molecule has 1 aliphatic rings. The maximum absolute atomic E-state index is 11.9. The van der Waals surface area contributed by atoms with Crippen LogP contribution in [0.25, 0.3) is 0 Å². The number of hydrogen-bond acceptors (Lipinski definition) is 3. The van der Waals surface area contributed by atoms with Gasteiger partial charge in [0.25, 0.3) is 0 Å². The highest BCUT2D eigenvalue weighted by Gasteiger charge is 2.23. The van der Waals surface area contributed by atoms with E-state index in [0.29, 0.717) is 12.3 Å². The molecule has 2 N–H and O–H groups in total. The van der Waals surface area contributed by atoms with E-state index < -0.39 is 0 Å². The number of hydrogen-bond donors (Lipinski definition) is 2. The van der Waals surface area contributed by atoms with Gasteiger partial charge < -0.3 is 15.5 Å². The van der Waals surface area contributed by atoms with Gasteiger partial charge in [-0.1, -0.05) is 18.2 Å². The Morgan fingerprint density at radius 3 is 3.00 bits per heavy atom. The van der Waals surface area contributed by atoms with Gasteiger partial charge in [0.15, 0.2) is 0 Å². The highest BCUT2D eigenvalue weighted by atomic mass is 16.1. The molecule has 0 bridgehead atoms. The average molecular weight is 261 g/mol. The summed E-state index contributed by atoms with van der Waals surface area (Å²) in [6, 6.07) is 8.24. The van der Waals surface area contributed by atoms with Crippen LogP contribution in [-0.4, -0.2) is 44.5 Å². The molecule has 1 heterocycles. The molecule has 1 atom stereocenters. The van der Waals surface area contributed by atoms with Crippen molar-refractivity contribution >= 4 is 11.6 Å². The van der Waals surface area contributed by atoms with Crippen molar-refractivity contribution in [1.29, 1.82) is 0 Å². The van der Waals surface area contributed by atoms with E-state index in [1.165, 1.54) is 11.3 Å². The molecule has 0 fully saturated rings. The van der Waals surface area contributed by atoms with Crippen LogP contribution in [0.2, 0.25) is 0 Å². The number of para-hydroxylation sites is 1. The summed E-state index contributed by atoms with van der Waals surface area (Å²) in [4.78, 5) is 14.0. The van der Waals surface area contributed by atoms with Crippen molar-refractivity contribution in [3.8, 4) is 0 Å². The van der Waals surface area contributed by atoms with Crippen molar-refractivity contribution < 1.29 is 4.79 Å². The Bertz CT molecular complexity index is 431. The minimum Gasteiger partial charge on any atom is -0.384 e. The first-order valence-electron chi connectivity index (χ1n) is 6.91. The number of fused-ring (bicyclic) bond motifs is 1. The largest absolute Gasteiger partial charge is 0.384 e. The Morgan fingerprint density at radius 1 is 1.42 bits per heavy atom. The summed E-state index contributed by atoms with van der Waals surface area (Å²) >= 11 is 0. The van der Waals surface area contributed by atoms with Gasteiger partial charge in [-0.25, -0.2) is 0 Å². The number of amides is 1. The molecule has 0 saturated carbocycles. The standard InChI is InChI=1S/C15H23N3O/c1-18(2)9-5-8-16-15(19)10-12-11-17-14-7-4-3-6-13(12)14/h3-4,6-7,12,17H,5,8-11H2,1-2H3,(H,16,19). The number of nitrogens with one attached hydrogen (secondary N) is 2. The van der Waals surface area contributed by atoms with Crippen LogP contribution in [0.4, 0.5) is 5.69 Å². The highest BCUT2D eigenvalue weighted by Crippen LogP contribution is 2.32. The zero-order valence-corrected chi connectivity index (χ0v) is 11.8. The van der Waals surface area contributed by atoms with Crippen LogP contribution in [0.3, 0.4) is 0 Å². The van der Waals surface area contributed by atoms with E-state index >= 15 is 0 Å². The average Bonchev–Trinajstić information content (AvgIpc) is 2.78. The summed E-state index contributed by atoms with van der Waals surface area (Å²) in [5.41, 5.74) is 2.44. The van der Waals surface area contributed by atoms with Crippen molar-refractivity contribution in [3.63, 3.8) is 0 Å². The number of carbonyl (C=O) groups is 1. The highest BCUT2D eigenvalue weighted by molar-refractivity contribution is 5.78. The monoisotopic (exact) mass is 261 g/mol. The van der Waals surface area contributed by atoms with Crippen molar-refractivity contribution in [2.24, 2.45) is 0 Å². The van der Waals surface area contributed by atoms with E-state index in [2.05, 4.69) is 27.7 Å². The predicted octanol–water partition coefficient (Wildman–Crippen LogP) is 1.65. The van der Waals surface area contributed by atoms with Crippen LogP contribution >= 0.6 is 0 Å². The fraction of sp³-hybridized carbons (Fsp3) is 0.533. The molecule has 1 amide bonds. The molecule has 2 rings (SSSR count). The Labute approximate surface area is 115 Å². The molecule has 19 heavy (non-hydrogen) atoms. The van der Waals surface area contributed by atoms with Gasteiger partial charge >= 0.3 is 0 Å². The van der Waals surface area contributed by atoms with Crippen molar-refractivity contribution in [2.75, 3.05) is 39.0 Å². The molecule has 4 heteroatoms. The summed E-state index contributed by atoms with van der Waals surface area (Å²) < 4.78 is 0. The van der Waals surface area contributed by atoms with E-state index in [-0.39, 0.29) is 5.91 Å². The maximum atomic E-state index is 11.9. The van der Waals surface area contributed by atoms with Gasteiger partial charge in [-0.05, 0) is 38.7 Å². The van der Waals surface area contributed by atoms with Crippen molar-refractivity contribution in [1.82, 2.24) is 10.2 Å². The summed E-state index contributed by atoms with van der Waals surface area (Å²) in [6.45, 7) is 2.64. The summed E-state index contributed by atoms with van der Waals surface area (Å²) in [5, 5.41) is 6.35. The summed E-state index contributed by atoms with van der Waals surface area (Å²) in [5.74, 6) is 0.465. The number of benzene rings is 1. The lowest BCUT2D eigenvalue weighted by Gasteiger charge is -2.12. The first kappa shape index (κ1) is 13.9. The second-order valence-corrected chi connectivity index (χ2v) is 5.38. The zero-order valence-electron chi connectivity index (χ0n) is 11.8. The third-order valence-electron chi connectivity index (χ3n) is 3.48. The molecule has 0 radical (unpaired) electrons. The van der Waals surface area contributed by atoms with Gasteiger partial charge in [0.05, 0.1) is 0 Å².